The van der Waals surface area contributed by atoms with Crippen LogP contribution < -0.4 is 10.1 Å². The van der Waals surface area contributed by atoms with Crippen molar-refractivity contribution in [3.8, 4) is 5.75 Å². The van der Waals surface area contributed by atoms with Gasteiger partial charge in [0, 0.05) is 6.04 Å². The summed E-state index contributed by atoms with van der Waals surface area (Å²) in [6, 6.07) is 6.10. The largest absolute Gasteiger partial charge is 0.487 e. The molecule has 2 nitrogen and oxygen atoms in total. The van der Waals surface area contributed by atoms with Gasteiger partial charge in [-0.25, -0.2) is 8.78 Å². The van der Waals surface area contributed by atoms with Crippen LogP contribution in [0.2, 0.25) is 0 Å². The van der Waals surface area contributed by atoms with Gasteiger partial charge in [0.15, 0.2) is 0 Å². The van der Waals surface area contributed by atoms with Crippen LogP contribution in [0.4, 0.5) is 8.78 Å². The molecule has 0 amide bonds. The monoisotopic (exact) mass is 269 g/mol. The quantitative estimate of drug-likeness (QED) is 0.850. The Kier molecular flexibility index (Phi) is 5.14. The number of hydrogen-bond donors (Lipinski definition) is 1. The van der Waals surface area contributed by atoms with Crippen molar-refractivity contribution in [3.05, 3.63) is 29.3 Å². The molecule has 0 spiro atoms. The first kappa shape index (κ1) is 14.3. The number of benzene rings is 1. The van der Waals surface area contributed by atoms with Crippen LogP contribution in [0.3, 0.4) is 0 Å². The molecule has 1 aromatic rings. The Labute approximate surface area is 113 Å². The Morgan fingerprint density at radius 1 is 1.42 bits per heavy atom. The minimum Gasteiger partial charge on any atom is -0.487 e. The number of ether oxygens (including phenoxy) is 1. The molecule has 2 rings (SSSR count). The van der Waals surface area contributed by atoms with Gasteiger partial charge in [0.2, 0.25) is 0 Å². The second kappa shape index (κ2) is 6.85. The van der Waals surface area contributed by atoms with Crippen LogP contribution in [0, 0.1) is 0 Å². The first-order valence-electron chi connectivity index (χ1n) is 6.98. The van der Waals surface area contributed by atoms with Gasteiger partial charge in [-0.05, 0) is 49.4 Å². The molecule has 0 aromatic heterocycles. The maximum atomic E-state index is 12.3. The van der Waals surface area contributed by atoms with Gasteiger partial charge in [0.1, 0.15) is 12.4 Å². The van der Waals surface area contributed by atoms with Crippen molar-refractivity contribution >= 4 is 0 Å². The number of rotatable bonds is 6. The molecule has 1 N–H and O–H groups in total. The average molecular weight is 269 g/mol. The highest BCUT2D eigenvalue weighted by Crippen LogP contribution is 2.35. The normalized spacial score (nSPS) is 18.4. The minimum atomic E-state index is -2.42. The predicted octanol–water partition coefficient (Wildman–Crippen LogP) is 3.71. The molecule has 4 heteroatoms. The Bertz CT molecular complexity index is 409. The zero-order valence-corrected chi connectivity index (χ0v) is 11.3. The van der Waals surface area contributed by atoms with Crippen molar-refractivity contribution < 1.29 is 13.5 Å². The van der Waals surface area contributed by atoms with Crippen molar-refractivity contribution in [2.75, 3.05) is 13.2 Å². The molecule has 0 fully saturated rings. The highest BCUT2D eigenvalue weighted by molar-refractivity contribution is 5.43. The van der Waals surface area contributed by atoms with Crippen molar-refractivity contribution in [2.24, 2.45) is 0 Å². The Balaban J connectivity index is 2.15. The summed E-state index contributed by atoms with van der Waals surface area (Å²) >= 11 is 0. The highest BCUT2D eigenvalue weighted by atomic mass is 19.3. The zero-order valence-electron chi connectivity index (χ0n) is 11.3. The van der Waals surface area contributed by atoms with Crippen LogP contribution in [0.25, 0.3) is 0 Å². The molecule has 19 heavy (non-hydrogen) atoms. The van der Waals surface area contributed by atoms with E-state index >= 15 is 0 Å². The lowest BCUT2D eigenvalue weighted by atomic mass is 9.87. The molecule has 1 aromatic carbocycles. The lowest BCUT2D eigenvalue weighted by Crippen LogP contribution is -2.26. The van der Waals surface area contributed by atoms with Gasteiger partial charge in [-0.3, -0.25) is 0 Å². The smallest absolute Gasteiger partial charge is 0.272 e. The summed E-state index contributed by atoms with van der Waals surface area (Å²) in [6.07, 6.45) is 1.76. The molecule has 0 aliphatic heterocycles. The van der Waals surface area contributed by atoms with Crippen LogP contribution >= 0.6 is 0 Å². The van der Waals surface area contributed by atoms with Crippen LogP contribution in [0.5, 0.6) is 5.75 Å². The summed E-state index contributed by atoms with van der Waals surface area (Å²) in [4.78, 5) is 0. The molecule has 0 heterocycles. The van der Waals surface area contributed by atoms with Crippen molar-refractivity contribution in [1.82, 2.24) is 5.32 Å². The number of fused-ring (bicyclic) bond motifs is 1. The van der Waals surface area contributed by atoms with Gasteiger partial charge in [0.25, 0.3) is 6.43 Å². The van der Waals surface area contributed by atoms with Gasteiger partial charge in [-0.1, -0.05) is 19.1 Å². The van der Waals surface area contributed by atoms with E-state index in [-0.39, 0.29) is 0 Å². The number of nitrogens with one attached hydrogen (secondary N) is 1. The Morgan fingerprint density at radius 2 is 2.26 bits per heavy atom. The van der Waals surface area contributed by atoms with E-state index in [9.17, 15) is 8.78 Å². The molecule has 1 aliphatic rings. The third kappa shape index (κ3) is 3.66. The summed E-state index contributed by atoms with van der Waals surface area (Å²) in [5.41, 5.74) is 2.31. The molecular weight excluding hydrogens is 248 g/mol. The summed E-state index contributed by atoms with van der Waals surface area (Å²) in [7, 11) is 0. The summed E-state index contributed by atoms with van der Waals surface area (Å²) in [5, 5.41) is 3.52. The van der Waals surface area contributed by atoms with Crippen molar-refractivity contribution in [3.63, 3.8) is 0 Å². The van der Waals surface area contributed by atoms with Crippen LogP contribution in [-0.4, -0.2) is 19.6 Å². The van der Waals surface area contributed by atoms with E-state index in [2.05, 4.69) is 18.3 Å². The van der Waals surface area contributed by atoms with Gasteiger partial charge in [-0.2, -0.15) is 0 Å². The van der Waals surface area contributed by atoms with Crippen LogP contribution in [0.15, 0.2) is 18.2 Å². The van der Waals surface area contributed by atoms with E-state index in [4.69, 9.17) is 4.74 Å². The predicted molar refractivity (Wildman–Crippen MR) is 71.9 cm³/mol. The summed E-state index contributed by atoms with van der Waals surface area (Å²) < 4.78 is 29.8. The first-order chi connectivity index (χ1) is 9.22. The molecular formula is C15H21F2NO. The number of hydrogen-bond acceptors (Lipinski definition) is 2. The van der Waals surface area contributed by atoms with E-state index < -0.39 is 13.0 Å². The molecule has 0 saturated carbocycles. The topological polar surface area (TPSA) is 21.3 Å². The second-order valence-electron chi connectivity index (χ2n) is 4.92. The number of halogens is 2. The fourth-order valence-electron chi connectivity index (χ4n) is 2.63. The molecule has 1 atom stereocenters. The molecule has 0 saturated heterocycles. The van der Waals surface area contributed by atoms with Crippen molar-refractivity contribution in [1.29, 1.82) is 0 Å². The second-order valence-corrected chi connectivity index (χ2v) is 4.92. The molecule has 1 unspecified atom stereocenters. The third-order valence-corrected chi connectivity index (χ3v) is 3.47. The highest BCUT2D eigenvalue weighted by Gasteiger charge is 2.22. The van der Waals surface area contributed by atoms with Gasteiger partial charge < -0.3 is 10.1 Å². The zero-order chi connectivity index (χ0) is 13.7. The van der Waals surface area contributed by atoms with Gasteiger partial charge in [0.05, 0.1) is 0 Å². The number of alkyl halides is 2. The van der Waals surface area contributed by atoms with E-state index in [1.807, 2.05) is 6.07 Å². The molecule has 1 aliphatic carbocycles. The minimum absolute atomic E-state index is 0.332. The van der Waals surface area contributed by atoms with Crippen LogP contribution in [0.1, 0.15) is 43.4 Å². The van der Waals surface area contributed by atoms with Crippen molar-refractivity contribution in [2.45, 2.75) is 45.1 Å². The Hall–Kier alpha value is -1.16. The lowest BCUT2D eigenvalue weighted by molar-refractivity contribution is 0.0812. The van der Waals surface area contributed by atoms with Gasteiger partial charge >= 0.3 is 0 Å². The molecule has 0 radical (unpaired) electrons. The maximum absolute atomic E-state index is 12.3. The van der Waals surface area contributed by atoms with E-state index in [0.29, 0.717) is 11.8 Å². The first-order valence-corrected chi connectivity index (χ1v) is 6.98. The van der Waals surface area contributed by atoms with Crippen LogP contribution in [-0.2, 0) is 6.42 Å². The SMILES string of the molecule is CCCNC1CCCc2c(OCC(F)F)cccc21. The third-order valence-electron chi connectivity index (χ3n) is 3.47. The van der Waals surface area contributed by atoms with E-state index in [0.717, 1.165) is 37.8 Å². The van der Waals surface area contributed by atoms with Gasteiger partial charge in [-0.15, -0.1) is 0 Å². The summed E-state index contributed by atoms with van der Waals surface area (Å²) in [5.74, 6) is 0.626. The Morgan fingerprint density at radius 3 is 3.00 bits per heavy atom. The standard InChI is InChI=1S/C15H21F2NO/c1-2-9-18-13-7-3-6-12-11(13)5-4-8-14(12)19-10-15(16)17/h4-5,8,13,15,18H,2-3,6-7,9-10H2,1H3. The fourth-order valence-corrected chi connectivity index (χ4v) is 2.63. The van der Waals surface area contributed by atoms with E-state index in [1.165, 1.54) is 5.56 Å². The molecule has 106 valence electrons. The average Bonchev–Trinajstić information content (AvgIpc) is 2.42. The van der Waals surface area contributed by atoms with E-state index in [1.54, 1.807) is 6.07 Å². The lowest BCUT2D eigenvalue weighted by Gasteiger charge is -2.28. The summed E-state index contributed by atoms with van der Waals surface area (Å²) in [6.45, 7) is 2.59. The maximum Gasteiger partial charge on any atom is 0.272 e. The fraction of sp³-hybridized carbons (Fsp3) is 0.600. The molecule has 0 bridgehead atoms.